The molecule has 6 nitrogen and oxygen atoms in total. The van der Waals surface area contributed by atoms with Crippen molar-refractivity contribution in [3.8, 4) is 0 Å². The van der Waals surface area contributed by atoms with Crippen LogP contribution in [0.2, 0.25) is 0 Å². The SMILES string of the molecule is Cc1ccc(N/N=C2\C(C)(c3ccccc3)NN(S(=O)(=O)c3ccccc3)C2(c2ccccc2)c2ccccc2)cc1. The van der Waals surface area contributed by atoms with Crippen LogP contribution in [0.3, 0.4) is 0 Å². The molecule has 1 fully saturated rings. The Hall–Kier alpha value is -4.56. The molecule has 0 radical (unpaired) electrons. The topological polar surface area (TPSA) is 73.8 Å². The third-order valence-electron chi connectivity index (χ3n) is 7.81. The van der Waals surface area contributed by atoms with Crippen LogP contribution in [0.4, 0.5) is 5.69 Å². The van der Waals surface area contributed by atoms with Crippen LogP contribution in [0.25, 0.3) is 0 Å². The molecule has 0 spiro atoms. The number of nitrogens with zero attached hydrogens (tertiary/aromatic N) is 2. The van der Waals surface area contributed by atoms with Gasteiger partial charge in [0.15, 0.2) is 0 Å². The number of aryl methyl sites for hydroxylation is 1. The lowest BCUT2D eigenvalue weighted by Crippen LogP contribution is -2.52. The van der Waals surface area contributed by atoms with Gasteiger partial charge in [-0.3, -0.25) is 5.43 Å². The molecule has 210 valence electrons. The highest BCUT2D eigenvalue weighted by molar-refractivity contribution is 7.89. The highest BCUT2D eigenvalue weighted by Crippen LogP contribution is 2.50. The van der Waals surface area contributed by atoms with Crippen molar-refractivity contribution in [1.29, 1.82) is 0 Å². The average Bonchev–Trinajstić information content (AvgIpc) is 3.33. The van der Waals surface area contributed by atoms with Gasteiger partial charge in [0.1, 0.15) is 5.54 Å². The molecule has 7 heteroatoms. The van der Waals surface area contributed by atoms with Gasteiger partial charge in [-0.05, 0) is 54.8 Å². The van der Waals surface area contributed by atoms with E-state index in [0.717, 1.165) is 27.9 Å². The molecule has 1 saturated heterocycles. The molecule has 1 aliphatic heterocycles. The molecule has 1 aliphatic rings. The molecule has 0 bridgehead atoms. The molecular formula is C35H32N4O2S. The Balaban J connectivity index is 1.71. The summed E-state index contributed by atoms with van der Waals surface area (Å²) in [6, 6.07) is 45.7. The number of hydrazone groups is 1. The van der Waals surface area contributed by atoms with Gasteiger partial charge in [-0.15, -0.1) is 4.41 Å². The van der Waals surface area contributed by atoms with E-state index in [4.69, 9.17) is 5.10 Å². The van der Waals surface area contributed by atoms with E-state index in [9.17, 15) is 8.42 Å². The second kappa shape index (κ2) is 11.0. The molecule has 1 unspecified atom stereocenters. The van der Waals surface area contributed by atoms with Crippen LogP contribution in [0, 0.1) is 6.92 Å². The van der Waals surface area contributed by atoms with Crippen molar-refractivity contribution in [2.45, 2.75) is 29.8 Å². The summed E-state index contributed by atoms with van der Waals surface area (Å²) in [7, 11) is -4.13. The van der Waals surface area contributed by atoms with Crippen molar-refractivity contribution in [3.63, 3.8) is 0 Å². The number of anilines is 1. The summed E-state index contributed by atoms with van der Waals surface area (Å²) in [5.41, 5.74) is 9.25. The summed E-state index contributed by atoms with van der Waals surface area (Å²) < 4.78 is 30.9. The minimum absolute atomic E-state index is 0.178. The minimum atomic E-state index is -4.13. The van der Waals surface area contributed by atoms with Gasteiger partial charge in [-0.25, -0.2) is 13.8 Å². The number of hydrazine groups is 1. The van der Waals surface area contributed by atoms with E-state index in [-0.39, 0.29) is 4.90 Å². The van der Waals surface area contributed by atoms with Gasteiger partial charge in [0, 0.05) is 0 Å². The Labute approximate surface area is 247 Å². The van der Waals surface area contributed by atoms with Crippen molar-refractivity contribution in [2.24, 2.45) is 5.10 Å². The van der Waals surface area contributed by atoms with E-state index in [1.54, 1.807) is 24.3 Å². The average molecular weight is 573 g/mol. The first kappa shape index (κ1) is 27.6. The Morgan fingerprint density at radius 2 is 1.10 bits per heavy atom. The van der Waals surface area contributed by atoms with Crippen LogP contribution in [0.1, 0.15) is 29.2 Å². The van der Waals surface area contributed by atoms with Gasteiger partial charge >= 0.3 is 0 Å². The Bertz CT molecular complexity index is 1760. The van der Waals surface area contributed by atoms with Crippen LogP contribution in [-0.4, -0.2) is 18.5 Å². The summed E-state index contributed by atoms with van der Waals surface area (Å²) in [5.74, 6) is 0. The summed E-state index contributed by atoms with van der Waals surface area (Å²) in [5, 5.41) is 5.11. The zero-order valence-electron chi connectivity index (χ0n) is 23.5. The van der Waals surface area contributed by atoms with E-state index < -0.39 is 21.1 Å². The third-order valence-corrected chi connectivity index (χ3v) is 9.52. The number of sulfonamides is 1. The molecule has 0 amide bonds. The fourth-order valence-electron chi connectivity index (χ4n) is 5.68. The third kappa shape index (κ3) is 4.61. The van der Waals surface area contributed by atoms with Crippen molar-refractivity contribution in [3.05, 3.63) is 168 Å². The van der Waals surface area contributed by atoms with Gasteiger partial charge in [-0.1, -0.05) is 127 Å². The fraction of sp³-hybridized carbons (Fsp3) is 0.114. The van der Waals surface area contributed by atoms with Gasteiger partial charge in [0.25, 0.3) is 10.0 Å². The normalized spacial score (nSPS) is 19.5. The highest BCUT2D eigenvalue weighted by atomic mass is 32.2. The van der Waals surface area contributed by atoms with E-state index in [2.05, 4.69) is 10.9 Å². The van der Waals surface area contributed by atoms with Crippen LogP contribution in [0.15, 0.2) is 156 Å². The summed E-state index contributed by atoms with van der Waals surface area (Å²) in [6.45, 7) is 4.02. The lowest BCUT2D eigenvalue weighted by atomic mass is 9.72. The van der Waals surface area contributed by atoms with E-state index in [1.807, 2.05) is 135 Å². The summed E-state index contributed by atoms with van der Waals surface area (Å²) >= 11 is 0. The Morgan fingerprint density at radius 3 is 1.60 bits per heavy atom. The molecule has 0 saturated carbocycles. The van der Waals surface area contributed by atoms with Crippen LogP contribution < -0.4 is 10.9 Å². The number of hydrogen-bond acceptors (Lipinski definition) is 5. The molecule has 6 rings (SSSR count). The molecule has 5 aromatic rings. The maximum absolute atomic E-state index is 14.8. The van der Waals surface area contributed by atoms with E-state index in [0.29, 0.717) is 5.71 Å². The number of benzene rings is 5. The lowest BCUT2D eigenvalue weighted by molar-refractivity contribution is 0.237. The van der Waals surface area contributed by atoms with Crippen LogP contribution >= 0.6 is 0 Å². The monoisotopic (exact) mass is 572 g/mol. The predicted octanol–water partition coefficient (Wildman–Crippen LogP) is 6.83. The van der Waals surface area contributed by atoms with Crippen molar-refractivity contribution in [2.75, 3.05) is 5.43 Å². The zero-order valence-corrected chi connectivity index (χ0v) is 24.3. The maximum atomic E-state index is 14.8. The van der Waals surface area contributed by atoms with Crippen molar-refractivity contribution < 1.29 is 8.42 Å². The Morgan fingerprint density at radius 1 is 0.643 bits per heavy atom. The molecule has 0 aliphatic carbocycles. The first-order valence-electron chi connectivity index (χ1n) is 13.8. The van der Waals surface area contributed by atoms with E-state index >= 15 is 0 Å². The second-order valence-corrected chi connectivity index (χ2v) is 12.4. The van der Waals surface area contributed by atoms with E-state index in [1.165, 1.54) is 4.41 Å². The molecule has 0 aromatic heterocycles. The minimum Gasteiger partial charge on any atom is -0.278 e. The number of rotatable bonds is 7. The van der Waals surface area contributed by atoms with Crippen LogP contribution in [0.5, 0.6) is 0 Å². The first-order chi connectivity index (χ1) is 20.4. The maximum Gasteiger partial charge on any atom is 0.257 e. The molecule has 1 atom stereocenters. The fourth-order valence-corrected chi connectivity index (χ4v) is 7.36. The largest absolute Gasteiger partial charge is 0.278 e. The molecule has 1 heterocycles. The smallest absolute Gasteiger partial charge is 0.257 e. The number of hydrogen-bond donors (Lipinski definition) is 2. The lowest BCUT2D eigenvalue weighted by Gasteiger charge is -2.38. The van der Waals surface area contributed by atoms with Gasteiger partial charge in [0.2, 0.25) is 0 Å². The quantitative estimate of drug-likeness (QED) is 0.210. The zero-order chi connectivity index (χ0) is 29.2. The second-order valence-electron chi connectivity index (χ2n) is 10.6. The summed E-state index contributed by atoms with van der Waals surface area (Å²) in [6.07, 6.45) is 0. The number of nitrogens with one attached hydrogen (secondary N) is 2. The van der Waals surface area contributed by atoms with Gasteiger partial charge < -0.3 is 0 Å². The Kier molecular flexibility index (Phi) is 7.24. The summed E-state index contributed by atoms with van der Waals surface area (Å²) in [4.78, 5) is 0.178. The molecule has 5 aromatic carbocycles. The van der Waals surface area contributed by atoms with Gasteiger partial charge in [-0.2, -0.15) is 5.10 Å². The first-order valence-corrected chi connectivity index (χ1v) is 15.3. The molecule has 42 heavy (non-hydrogen) atoms. The van der Waals surface area contributed by atoms with Crippen LogP contribution in [-0.2, 0) is 21.1 Å². The van der Waals surface area contributed by atoms with Gasteiger partial charge in [0.05, 0.1) is 21.8 Å². The predicted molar refractivity (Wildman–Crippen MR) is 168 cm³/mol. The molecular weight excluding hydrogens is 540 g/mol. The van der Waals surface area contributed by atoms with Crippen molar-refractivity contribution in [1.82, 2.24) is 9.84 Å². The van der Waals surface area contributed by atoms with Crippen molar-refractivity contribution >= 4 is 21.4 Å². The molecule has 2 N–H and O–H groups in total. The standard InChI is InChI=1S/C35H32N4O2S/c1-27-23-25-31(26-24-27)36-37-33-34(2,28-15-7-3-8-16-28)38-39(42(40,41)32-21-13-6-14-22-32)35(33,29-17-9-4-10-18-29)30-19-11-5-12-20-30/h3-26,36,38H,1-2H3/b37-33+. The highest BCUT2D eigenvalue weighted by Gasteiger charge is 2.63.